The van der Waals surface area contributed by atoms with Gasteiger partial charge in [0.1, 0.15) is 6.07 Å². The van der Waals surface area contributed by atoms with Crippen LogP contribution in [-0.4, -0.2) is 23.8 Å². The Bertz CT molecular complexity index is 462. The van der Waals surface area contributed by atoms with Crippen molar-refractivity contribution in [2.75, 3.05) is 18.1 Å². The van der Waals surface area contributed by atoms with Crippen LogP contribution in [-0.2, 0) is 0 Å². The summed E-state index contributed by atoms with van der Waals surface area (Å²) in [5, 5.41) is 18.7. The highest BCUT2D eigenvalue weighted by Crippen LogP contribution is 2.37. The van der Waals surface area contributed by atoms with Crippen molar-refractivity contribution in [3.63, 3.8) is 0 Å². The molecule has 0 spiro atoms. The second-order valence-electron chi connectivity index (χ2n) is 5.46. The number of rotatable bonds is 2. The summed E-state index contributed by atoms with van der Waals surface area (Å²) < 4.78 is 0. The molecule has 1 aliphatic rings. The van der Waals surface area contributed by atoms with E-state index in [1.165, 1.54) is 0 Å². The molecule has 1 N–H and O–H groups in total. The van der Waals surface area contributed by atoms with E-state index in [-0.39, 0.29) is 18.1 Å². The minimum absolute atomic E-state index is 0.111. The van der Waals surface area contributed by atoms with Gasteiger partial charge in [-0.15, -0.1) is 0 Å². The van der Waals surface area contributed by atoms with E-state index in [9.17, 15) is 10.4 Å². The molecule has 0 radical (unpaired) electrons. The number of hydrogen-bond acceptors (Lipinski definition) is 3. The summed E-state index contributed by atoms with van der Waals surface area (Å²) in [6.45, 7) is 5.46. The fraction of sp³-hybridized carbons (Fsp3) is 0.533. The number of para-hydroxylation sites is 1. The highest BCUT2D eigenvalue weighted by atomic mass is 16.3. The minimum Gasteiger partial charge on any atom is -0.396 e. The summed E-state index contributed by atoms with van der Waals surface area (Å²) in [4.78, 5) is 2.27. The van der Waals surface area contributed by atoms with Crippen molar-refractivity contribution in [2.24, 2.45) is 5.92 Å². The van der Waals surface area contributed by atoms with Gasteiger partial charge in [-0.1, -0.05) is 12.1 Å². The van der Waals surface area contributed by atoms with Crippen LogP contribution in [0.5, 0.6) is 0 Å². The normalized spacial score (nSPS) is 22.6. The van der Waals surface area contributed by atoms with Crippen LogP contribution in [0.25, 0.3) is 0 Å². The lowest BCUT2D eigenvalue weighted by molar-refractivity contribution is 0.136. The lowest BCUT2D eigenvalue weighted by Gasteiger charge is -2.49. The Balaban J connectivity index is 2.40. The van der Waals surface area contributed by atoms with Crippen LogP contribution in [0.15, 0.2) is 24.3 Å². The summed E-state index contributed by atoms with van der Waals surface area (Å²) in [6.07, 6.45) is 2.11. The Kier molecular flexibility index (Phi) is 3.58. The smallest absolute Gasteiger partial charge is 0.101 e. The molecule has 1 aromatic rings. The lowest BCUT2D eigenvalue weighted by atomic mass is 9.79. The molecule has 1 aromatic carbocycles. The summed E-state index contributed by atoms with van der Waals surface area (Å²) in [6, 6.07) is 9.97. The first-order valence-electron chi connectivity index (χ1n) is 6.49. The summed E-state index contributed by atoms with van der Waals surface area (Å²) in [5.41, 5.74) is 1.59. The first kappa shape index (κ1) is 12.9. The van der Waals surface area contributed by atoms with E-state index in [1.54, 1.807) is 0 Å². The molecule has 1 saturated heterocycles. The van der Waals surface area contributed by atoms with Crippen molar-refractivity contribution in [1.82, 2.24) is 0 Å². The Morgan fingerprint density at radius 2 is 2.17 bits per heavy atom. The third kappa shape index (κ3) is 2.09. The third-order valence-electron chi connectivity index (χ3n) is 4.16. The summed E-state index contributed by atoms with van der Waals surface area (Å²) in [5.74, 6) is 0.262. The molecule has 1 aliphatic heterocycles. The number of nitriles is 1. The van der Waals surface area contributed by atoms with Crippen LogP contribution in [0.4, 0.5) is 5.69 Å². The fourth-order valence-electron chi connectivity index (χ4n) is 2.91. The number of benzene rings is 1. The van der Waals surface area contributed by atoms with Crippen LogP contribution in [0, 0.1) is 17.2 Å². The molecule has 96 valence electrons. The predicted octanol–water partition coefficient (Wildman–Crippen LogP) is 2.55. The Labute approximate surface area is 109 Å². The zero-order valence-corrected chi connectivity index (χ0v) is 11.1. The molecule has 2 rings (SSSR count). The van der Waals surface area contributed by atoms with Gasteiger partial charge in [-0.3, -0.25) is 0 Å². The quantitative estimate of drug-likeness (QED) is 0.869. The van der Waals surface area contributed by atoms with Crippen LogP contribution >= 0.6 is 0 Å². The highest BCUT2D eigenvalue weighted by molar-refractivity contribution is 5.61. The molecule has 0 saturated carbocycles. The predicted molar refractivity (Wildman–Crippen MR) is 72.4 cm³/mol. The average molecular weight is 244 g/mol. The Hall–Kier alpha value is -1.53. The van der Waals surface area contributed by atoms with Crippen molar-refractivity contribution in [1.29, 1.82) is 5.26 Å². The molecule has 1 unspecified atom stereocenters. The van der Waals surface area contributed by atoms with Crippen LogP contribution in [0.3, 0.4) is 0 Å². The molecule has 0 aliphatic carbocycles. The SMILES string of the molecule is CC1(C)C(CO)CCCN1c1ccccc1C#N. The van der Waals surface area contributed by atoms with Crippen molar-refractivity contribution in [2.45, 2.75) is 32.2 Å². The van der Waals surface area contributed by atoms with Crippen molar-refractivity contribution < 1.29 is 5.11 Å². The van der Waals surface area contributed by atoms with Gasteiger partial charge in [-0.05, 0) is 38.8 Å². The van der Waals surface area contributed by atoms with Gasteiger partial charge >= 0.3 is 0 Å². The maximum absolute atomic E-state index is 9.53. The molecule has 1 fully saturated rings. The van der Waals surface area contributed by atoms with E-state index in [4.69, 9.17) is 0 Å². The van der Waals surface area contributed by atoms with E-state index in [0.717, 1.165) is 25.1 Å². The average Bonchev–Trinajstić information content (AvgIpc) is 2.38. The molecule has 0 bridgehead atoms. The maximum atomic E-state index is 9.53. The zero-order valence-electron chi connectivity index (χ0n) is 11.1. The van der Waals surface area contributed by atoms with E-state index in [2.05, 4.69) is 24.8 Å². The topological polar surface area (TPSA) is 47.3 Å². The molecular weight excluding hydrogens is 224 g/mol. The Morgan fingerprint density at radius 3 is 2.83 bits per heavy atom. The van der Waals surface area contributed by atoms with Crippen LogP contribution in [0.1, 0.15) is 32.3 Å². The van der Waals surface area contributed by atoms with Gasteiger partial charge < -0.3 is 10.0 Å². The van der Waals surface area contributed by atoms with E-state index >= 15 is 0 Å². The van der Waals surface area contributed by atoms with Gasteiger partial charge in [0, 0.05) is 24.6 Å². The van der Waals surface area contributed by atoms with Gasteiger partial charge in [0.2, 0.25) is 0 Å². The molecule has 3 heteroatoms. The second-order valence-corrected chi connectivity index (χ2v) is 5.46. The second kappa shape index (κ2) is 4.99. The molecular formula is C15H20N2O. The van der Waals surface area contributed by atoms with Gasteiger partial charge in [0.15, 0.2) is 0 Å². The number of hydrogen-bond donors (Lipinski definition) is 1. The van der Waals surface area contributed by atoms with Gasteiger partial charge in [-0.2, -0.15) is 5.26 Å². The number of aliphatic hydroxyl groups is 1. The fourth-order valence-corrected chi connectivity index (χ4v) is 2.91. The zero-order chi connectivity index (χ0) is 13.2. The van der Waals surface area contributed by atoms with Gasteiger partial charge in [0.25, 0.3) is 0 Å². The standard InChI is InChI=1S/C15H20N2O/c1-15(2)13(11-18)7-5-9-17(15)14-8-4-3-6-12(14)10-16/h3-4,6,8,13,18H,5,7,9,11H2,1-2H3. The van der Waals surface area contributed by atoms with Gasteiger partial charge in [0.05, 0.1) is 11.3 Å². The monoisotopic (exact) mass is 244 g/mol. The van der Waals surface area contributed by atoms with Crippen LogP contribution in [0.2, 0.25) is 0 Å². The van der Waals surface area contributed by atoms with Crippen molar-refractivity contribution in [3.05, 3.63) is 29.8 Å². The largest absolute Gasteiger partial charge is 0.396 e. The first-order chi connectivity index (χ1) is 8.61. The van der Waals surface area contributed by atoms with E-state index < -0.39 is 0 Å². The van der Waals surface area contributed by atoms with Crippen molar-refractivity contribution >= 4 is 5.69 Å². The van der Waals surface area contributed by atoms with Gasteiger partial charge in [-0.25, -0.2) is 0 Å². The highest BCUT2D eigenvalue weighted by Gasteiger charge is 2.38. The lowest BCUT2D eigenvalue weighted by Crippen LogP contribution is -2.54. The molecule has 1 atom stereocenters. The number of piperidine rings is 1. The van der Waals surface area contributed by atoms with E-state index in [0.29, 0.717) is 5.56 Å². The van der Waals surface area contributed by atoms with E-state index in [1.807, 2.05) is 24.3 Å². The summed E-state index contributed by atoms with van der Waals surface area (Å²) >= 11 is 0. The molecule has 3 nitrogen and oxygen atoms in total. The van der Waals surface area contributed by atoms with Crippen LogP contribution < -0.4 is 4.90 Å². The maximum Gasteiger partial charge on any atom is 0.101 e. The third-order valence-corrected chi connectivity index (χ3v) is 4.16. The molecule has 18 heavy (non-hydrogen) atoms. The van der Waals surface area contributed by atoms with Crippen molar-refractivity contribution in [3.8, 4) is 6.07 Å². The Morgan fingerprint density at radius 1 is 1.44 bits per heavy atom. The molecule has 0 aromatic heterocycles. The number of anilines is 1. The first-order valence-corrected chi connectivity index (χ1v) is 6.49. The minimum atomic E-state index is -0.111. The summed E-state index contributed by atoms with van der Waals surface area (Å²) in [7, 11) is 0. The number of nitrogens with zero attached hydrogens (tertiary/aromatic N) is 2. The molecule has 1 heterocycles. The number of aliphatic hydroxyl groups excluding tert-OH is 1. The molecule has 0 amide bonds.